The second-order valence-corrected chi connectivity index (χ2v) is 4.40. The highest BCUT2D eigenvalue weighted by Crippen LogP contribution is 2.23. The molecule has 1 heterocycles. The van der Waals surface area contributed by atoms with E-state index in [1.165, 1.54) is 0 Å². The maximum atomic E-state index is 9.24. The number of imidazole rings is 1. The van der Waals surface area contributed by atoms with Crippen molar-refractivity contribution in [3.05, 3.63) is 24.0 Å². The van der Waals surface area contributed by atoms with Crippen molar-refractivity contribution in [1.82, 2.24) is 9.97 Å². The summed E-state index contributed by atoms with van der Waals surface area (Å²) in [4.78, 5) is 7.60. The summed E-state index contributed by atoms with van der Waals surface area (Å²) in [5, 5.41) is 9.24. The van der Waals surface area contributed by atoms with E-state index in [2.05, 4.69) is 9.97 Å². The van der Waals surface area contributed by atoms with Gasteiger partial charge in [0.1, 0.15) is 5.82 Å². The molecule has 4 heteroatoms. The van der Waals surface area contributed by atoms with Gasteiger partial charge < -0.3 is 15.8 Å². The fraction of sp³-hybridized carbons (Fsp3) is 0.364. The molecule has 0 radical (unpaired) electrons. The molecule has 0 saturated heterocycles. The maximum absolute atomic E-state index is 9.24. The fourth-order valence-electron chi connectivity index (χ4n) is 1.42. The Morgan fingerprint density at radius 2 is 2.20 bits per heavy atom. The SMILES string of the molecule is CC(C)(CO)c1nc2ccc(N)cc2[nH]1. The average Bonchev–Trinajstić information content (AvgIpc) is 2.61. The van der Waals surface area contributed by atoms with Gasteiger partial charge in [0.15, 0.2) is 0 Å². The number of nitrogen functional groups attached to an aromatic ring is 1. The van der Waals surface area contributed by atoms with Gasteiger partial charge in [-0.25, -0.2) is 4.98 Å². The molecule has 0 unspecified atom stereocenters. The number of H-pyrrole nitrogens is 1. The number of anilines is 1. The van der Waals surface area contributed by atoms with Crippen LogP contribution in [-0.4, -0.2) is 21.7 Å². The summed E-state index contributed by atoms with van der Waals surface area (Å²) in [5.41, 5.74) is 7.82. The van der Waals surface area contributed by atoms with Gasteiger partial charge in [-0.05, 0) is 18.2 Å². The number of nitrogens with zero attached hydrogens (tertiary/aromatic N) is 1. The van der Waals surface area contributed by atoms with Crippen molar-refractivity contribution in [3.63, 3.8) is 0 Å². The first-order chi connectivity index (χ1) is 7.03. The zero-order chi connectivity index (χ0) is 11.1. The van der Waals surface area contributed by atoms with Gasteiger partial charge in [0, 0.05) is 11.1 Å². The summed E-state index contributed by atoms with van der Waals surface area (Å²) in [5.74, 6) is 0.783. The van der Waals surface area contributed by atoms with Gasteiger partial charge in [-0.2, -0.15) is 0 Å². The second-order valence-electron chi connectivity index (χ2n) is 4.40. The molecule has 4 N–H and O–H groups in total. The Balaban J connectivity index is 2.56. The Labute approximate surface area is 88.1 Å². The number of nitrogens with one attached hydrogen (secondary N) is 1. The monoisotopic (exact) mass is 205 g/mol. The molecule has 1 aromatic heterocycles. The minimum absolute atomic E-state index is 0.0578. The maximum Gasteiger partial charge on any atom is 0.115 e. The van der Waals surface area contributed by atoms with E-state index >= 15 is 0 Å². The zero-order valence-corrected chi connectivity index (χ0v) is 8.91. The molecule has 0 atom stereocenters. The van der Waals surface area contributed by atoms with E-state index < -0.39 is 0 Å². The molecule has 4 nitrogen and oxygen atoms in total. The number of aromatic amines is 1. The molecule has 0 spiro atoms. The molecule has 0 aliphatic rings. The number of aliphatic hydroxyl groups is 1. The van der Waals surface area contributed by atoms with Crippen molar-refractivity contribution < 1.29 is 5.11 Å². The molecular formula is C11H15N3O. The predicted molar refractivity (Wildman–Crippen MR) is 60.6 cm³/mol. The van der Waals surface area contributed by atoms with E-state index in [1.54, 1.807) is 0 Å². The van der Waals surface area contributed by atoms with Crippen molar-refractivity contribution in [2.75, 3.05) is 12.3 Å². The van der Waals surface area contributed by atoms with Gasteiger partial charge in [-0.3, -0.25) is 0 Å². The third kappa shape index (κ3) is 1.68. The van der Waals surface area contributed by atoms with E-state index in [4.69, 9.17) is 5.73 Å². The molecule has 2 aromatic rings. The van der Waals surface area contributed by atoms with Gasteiger partial charge in [0.05, 0.1) is 17.6 Å². The van der Waals surface area contributed by atoms with Gasteiger partial charge >= 0.3 is 0 Å². The van der Waals surface area contributed by atoms with Crippen molar-refractivity contribution in [1.29, 1.82) is 0 Å². The third-order valence-electron chi connectivity index (χ3n) is 2.54. The van der Waals surface area contributed by atoms with Crippen LogP contribution in [0.5, 0.6) is 0 Å². The summed E-state index contributed by atoms with van der Waals surface area (Å²) >= 11 is 0. The van der Waals surface area contributed by atoms with Gasteiger partial charge in [-0.1, -0.05) is 13.8 Å². The molecule has 0 fully saturated rings. The Morgan fingerprint density at radius 1 is 1.47 bits per heavy atom. The zero-order valence-electron chi connectivity index (χ0n) is 8.91. The van der Waals surface area contributed by atoms with Crippen LogP contribution in [-0.2, 0) is 5.41 Å². The van der Waals surface area contributed by atoms with Crippen molar-refractivity contribution in [3.8, 4) is 0 Å². The Bertz CT molecular complexity index is 488. The lowest BCUT2D eigenvalue weighted by Gasteiger charge is -2.17. The number of hydrogen-bond donors (Lipinski definition) is 3. The highest BCUT2D eigenvalue weighted by molar-refractivity contribution is 5.78. The molecule has 0 bridgehead atoms. The number of benzene rings is 1. The van der Waals surface area contributed by atoms with Crippen LogP contribution in [0, 0.1) is 0 Å². The number of aliphatic hydroxyl groups excluding tert-OH is 1. The van der Waals surface area contributed by atoms with Crippen LogP contribution < -0.4 is 5.73 Å². The number of fused-ring (bicyclic) bond motifs is 1. The summed E-state index contributed by atoms with van der Waals surface area (Å²) in [6.45, 7) is 3.93. The number of nitrogens with two attached hydrogens (primary N) is 1. The smallest absolute Gasteiger partial charge is 0.115 e. The van der Waals surface area contributed by atoms with Crippen LogP contribution in [0.25, 0.3) is 11.0 Å². The van der Waals surface area contributed by atoms with Crippen LogP contribution in [0.4, 0.5) is 5.69 Å². The normalized spacial score (nSPS) is 12.2. The predicted octanol–water partition coefficient (Wildman–Crippen LogP) is 1.41. The highest BCUT2D eigenvalue weighted by Gasteiger charge is 2.23. The van der Waals surface area contributed by atoms with Crippen LogP contribution in [0.3, 0.4) is 0 Å². The lowest BCUT2D eigenvalue weighted by molar-refractivity contribution is 0.213. The molecule has 80 valence electrons. The summed E-state index contributed by atoms with van der Waals surface area (Å²) < 4.78 is 0. The quantitative estimate of drug-likeness (QED) is 0.649. The Kier molecular flexibility index (Phi) is 2.16. The van der Waals surface area contributed by atoms with E-state index in [0.29, 0.717) is 5.69 Å². The van der Waals surface area contributed by atoms with E-state index in [1.807, 2.05) is 32.0 Å². The van der Waals surface area contributed by atoms with Crippen LogP contribution in [0.2, 0.25) is 0 Å². The van der Waals surface area contributed by atoms with Crippen molar-refractivity contribution in [2.24, 2.45) is 0 Å². The summed E-state index contributed by atoms with van der Waals surface area (Å²) in [6, 6.07) is 5.54. The van der Waals surface area contributed by atoms with Crippen molar-refractivity contribution >= 4 is 16.7 Å². The summed E-state index contributed by atoms with van der Waals surface area (Å²) in [6.07, 6.45) is 0. The van der Waals surface area contributed by atoms with Crippen LogP contribution in [0.15, 0.2) is 18.2 Å². The summed E-state index contributed by atoms with van der Waals surface area (Å²) in [7, 11) is 0. The van der Waals surface area contributed by atoms with E-state index in [-0.39, 0.29) is 12.0 Å². The Morgan fingerprint density at radius 3 is 2.87 bits per heavy atom. The molecule has 2 rings (SSSR count). The first kappa shape index (κ1) is 9.98. The number of aromatic nitrogens is 2. The standard InChI is InChI=1S/C11H15N3O/c1-11(2,6-15)10-13-8-4-3-7(12)5-9(8)14-10/h3-5,15H,6,12H2,1-2H3,(H,13,14). The highest BCUT2D eigenvalue weighted by atomic mass is 16.3. The second kappa shape index (κ2) is 3.24. The van der Waals surface area contributed by atoms with Gasteiger partial charge in [-0.15, -0.1) is 0 Å². The molecule has 0 aliphatic carbocycles. The third-order valence-corrected chi connectivity index (χ3v) is 2.54. The molecule has 0 saturated carbocycles. The lowest BCUT2D eigenvalue weighted by Crippen LogP contribution is -2.23. The topological polar surface area (TPSA) is 74.9 Å². The lowest BCUT2D eigenvalue weighted by atomic mass is 9.94. The first-order valence-corrected chi connectivity index (χ1v) is 4.89. The molecular weight excluding hydrogens is 190 g/mol. The van der Waals surface area contributed by atoms with E-state index in [9.17, 15) is 5.11 Å². The van der Waals surface area contributed by atoms with E-state index in [0.717, 1.165) is 16.9 Å². The van der Waals surface area contributed by atoms with Gasteiger partial charge in [0.2, 0.25) is 0 Å². The number of rotatable bonds is 2. The molecule has 0 amide bonds. The molecule has 1 aromatic carbocycles. The van der Waals surface area contributed by atoms with Crippen molar-refractivity contribution in [2.45, 2.75) is 19.3 Å². The molecule has 15 heavy (non-hydrogen) atoms. The minimum Gasteiger partial charge on any atom is -0.399 e. The Hall–Kier alpha value is -1.55. The van der Waals surface area contributed by atoms with Gasteiger partial charge in [0.25, 0.3) is 0 Å². The van der Waals surface area contributed by atoms with Crippen LogP contribution >= 0.6 is 0 Å². The fourth-order valence-corrected chi connectivity index (χ4v) is 1.42. The van der Waals surface area contributed by atoms with Crippen LogP contribution in [0.1, 0.15) is 19.7 Å². The molecule has 0 aliphatic heterocycles. The minimum atomic E-state index is -0.353. The number of hydrogen-bond acceptors (Lipinski definition) is 3. The first-order valence-electron chi connectivity index (χ1n) is 4.89. The average molecular weight is 205 g/mol. The largest absolute Gasteiger partial charge is 0.399 e.